The molecule has 0 saturated heterocycles. The van der Waals surface area contributed by atoms with E-state index in [0.717, 1.165) is 18.4 Å². The number of rotatable bonds is 6. The number of aliphatic hydroxyl groups excluding tert-OH is 1. The third kappa shape index (κ3) is 4.32. The fourth-order valence-electron chi connectivity index (χ4n) is 3.96. The average molecular weight is 336 g/mol. The smallest absolute Gasteiger partial charge is 0.115 e. The summed E-state index contributed by atoms with van der Waals surface area (Å²) in [6.07, 6.45) is 6.82. The van der Waals surface area contributed by atoms with Gasteiger partial charge in [-0.3, -0.25) is 0 Å². The summed E-state index contributed by atoms with van der Waals surface area (Å²) in [5.41, 5.74) is 6.41. The highest BCUT2D eigenvalue weighted by atomic mass is 16.3. The fraction of sp³-hybridized carbons (Fsp3) is 0.391. The van der Waals surface area contributed by atoms with E-state index in [4.69, 9.17) is 0 Å². The molecular weight excluding hydrogens is 308 g/mol. The number of aromatic hydroxyl groups is 1. The first-order valence-electron chi connectivity index (χ1n) is 9.39. The second-order valence-corrected chi connectivity index (χ2v) is 7.12. The van der Waals surface area contributed by atoms with E-state index in [9.17, 15) is 10.2 Å². The Morgan fingerprint density at radius 1 is 0.920 bits per heavy atom. The van der Waals surface area contributed by atoms with Gasteiger partial charge in [-0.15, -0.1) is 0 Å². The number of hydrogen-bond acceptors (Lipinski definition) is 2. The number of aliphatic hydroxyl groups is 1. The van der Waals surface area contributed by atoms with E-state index in [0.29, 0.717) is 11.7 Å². The van der Waals surface area contributed by atoms with Gasteiger partial charge >= 0.3 is 0 Å². The molecule has 2 aromatic rings. The van der Waals surface area contributed by atoms with Crippen molar-refractivity contribution in [2.45, 2.75) is 45.4 Å². The number of benzene rings is 2. The van der Waals surface area contributed by atoms with Gasteiger partial charge in [0.2, 0.25) is 0 Å². The minimum atomic E-state index is 0.229. The van der Waals surface area contributed by atoms with Crippen molar-refractivity contribution in [3.63, 3.8) is 0 Å². The minimum absolute atomic E-state index is 0.229. The van der Waals surface area contributed by atoms with Crippen molar-refractivity contribution < 1.29 is 10.2 Å². The summed E-state index contributed by atoms with van der Waals surface area (Å²) in [6.45, 7) is 2.34. The van der Waals surface area contributed by atoms with Gasteiger partial charge in [0, 0.05) is 6.61 Å². The monoisotopic (exact) mass is 336 g/mol. The molecule has 0 aromatic heterocycles. The molecule has 0 spiro atoms. The SMILES string of the molecule is Cc1ccc(/C(=C(/CCCO)C2CCCC2)c2ccc(O)cc2)cc1. The van der Waals surface area contributed by atoms with Crippen LogP contribution in [0.4, 0.5) is 0 Å². The van der Waals surface area contributed by atoms with E-state index in [1.54, 1.807) is 12.1 Å². The van der Waals surface area contributed by atoms with Crippen molar-refractivity contribution in [1.82, 2.24) is 0 Å². The number of phenols is 1. The molecular formula is C23H28O2. The van der Waals surface area contributed by atoms with Gasteiger partial charge in [0.25, 0.3) is 0 Å². The molecule has 0 bridgehead atoms. The number of hydrogen-bond donors (Lipinski definition) is 2. The predicted octanol–water partition coefficient (Wildman–Crippen LogP) is 5.47. The van der Waals surface area contributed by atoms with Crippen LogP contribution in [0.15, 0.2) is 54.1 Å². The number of aryl methyl sites for hydroxylation is 1. The van der Waals surface area contributed by atoms with Crippen molar-refractivity contribution in [3.05, 3.63) is 70.8 Å². The molecule has 2 nitrogen and oxygen atoms in total. The molecule has 0 amide bonds. The summed E-state index contributed by atoms with van der Waals surface area (Å²) < 4.78 is 0. The van der Waals surface area contributed by atoms with Crippen molar-refractivity contribution in [2.75, 3.05) is 6.61 Å². The van der Waals surface area contributed by atoms with Gasteiger partial charge in [-0.05, 0) is 67.4 Å². The Kier molecular flexibility index (Phi) is 5.93. The molecule has 0 radical (unpaired) electrons. The number of phenolic OH excluding ortho intramolecular Hbond substituents is 1. The lowest BCUT2D eigenvalue weighted by atomic mass is 9.83. The normalized spacial score (nSPS) is 16.1. The molecule has 1 aliphatic rings. The summed E-state index contributed by atoms with van der Waals surface area (Å²) >= 11 is 0. The zero-order chi connectivity index (χ0) is 17.6. The molecule has 2 N–H and O–H groups in total. The zero-order valence-electron chi connectivity index (χ0n) is 15.0. The maximum atomic E-state index is 9.69. The van der Waals surface area contributed by atoms with Crippen LogP contribution < -0.4 is 0 Å². The third-order valence-corrected chi connectivity index (χ3v) is 5.27. The molecule has 0 heterocycles. The Labute approximate surface area is 150 Å². The second kappa shape index (κ2) is 8.35. The van der Waals surface area contributed by atoms with E-state index in [1.807, 2.05) is 12.1 Å². The molecule has 3 rings (SSSR count). The van der Waals surface area contributed by atoms with Gasteiger partial charge in [-0.25, -0.2) is 0 Å². The summed E-state index contributed by atoms with van der Waals surface area (Å²) in [7, 11) is 0. The van der Waals surface area contributed by atoms with Crippen LogP contribution in [0.3, 0.4) is 0 Å². The van der Waals surface area contributed by atoms with Crippen molar-refractivity contribution in [3.8, 4) is 5.75 Å². The molecule has 1 aliphatic carbocycles. The fourth-order valence-corrected chi connectivity index (χ4v) is 3.96. The summed E-state index contributed by atoms with van der Waals surface area (Å²) in [5, 5.41) is 19.1. The number of allylic oxidation sites excluding steroid dienone is 1. The molecule has 132 valence electrons. The van der Waals surface area contributed by atoms with Gasteiger partial charge in [0.1, 0.15) is 5.75 Å². The minimum Gasteiger partial charge on any atom is -0.508 e. The van der Waals surface area contributed by atoms with Crippen LogP contribution in [0.2, 0.25) is 0 Å². The van der Waals surface area contributed by atoms with Crippen LogP contribution in [0, 0.1) is 12.8 Å². The highest BCUT2D eigenvalue weighted by Crippen LogP contribution is 2.40. The maximum Gasteiger partial charge on any atom is 0.115 e. The van der Waals surface area contributed by atoms with E-state index in [-0.39, 0.29) is 6.61 Å². The Morgan fingerprint density at radius 3 is 2.04 bits per heavy atom. The quantitative estimate of drug-likeness (QED) is 0.735. The molecule has 1 saturated carbocycles. The molecule has 2 heteroatoms. The summed E-state index contributed by atoms with van der Waals surface area (Å²) in [4.78, 5) is 0. The maximum absolute atomic E-state index is 9.69. The van der Waals surface area contributed by atoms with E-state index in [1.165, 1.54) is 48.0 Å². The Morgan fingerprint density at radius 2 is 1.48 bits per heavy atom. The summed E-state index contributed by atoms with van der Waals surface area (Å²) in [6, 6.07) is 16.3. The standard InChI is InChI=1S/C23H28O2/c1-17-8-10-19(11-9-17)23(20-12-14-21(25)15-13-20)22(7-4-16-24)18-5-2-3-6-18/h8-15,18,24-25H,2-7,16H2,1H3/b23-22+. The van der Waals surface area contributed by atoms with Crippen LogP contribution in [0.25, 0.3) is 5.57 Å². The van der Waals surface area contributed by atoms with Crippen molar-refractivity contribution in [2.24, 2.45) is 5.92 Å². The van der Waals surface area contributed by atoms with Gasteiger partial charge < -0.3 is 10.2 Å². The van der Waals surface area contributed by atoms with Crippen LogP contribution in [0.1, 0.15) is 55.2 Å². The average Bonchev–Trinajstić information content (AvgIpc) is 3.15. The van der Waals surface area contributed by atoms with E-state index in [2.05, 4.69) is 31.2 Å². The lowest BCUT2D eigenvalue weighted by Crippen LogP contribution is -2.05. The van der Waals surface area contributed by atoms with Crippen molar-refractivity contribution >= 4 is 5.57 Å². The molecule has 0 unspecified atom stereocenters. The van der Waals surface area contributed by atoms with Crippen LogP contribution in [-0.4, -0.2) is 16.8 Å². The first-order valence-corrected chi connectivity index (χ1v) is 9.39. The van der Waals surface area contributed by atoms with Crippen LogP contribution in [-0.2, 0) is 0 Å². The first kappa shape index (κ1) is 17.8. The lowest BCUT2D eigenvalue weighted by molar-refractivity contribution is 0.287. The molecule has 0 atom stereocenters. The second-order valence-electron chi connectivity index (χ2n) is 7.12. The largest absolute Gasteiger partial charge is 0.508 e. The highest BCUT2D eigenvalue weighted by molar-refractivity contribution is 5.82. The Bertz CT molecular complexity index is 657. The lowest BCUT2D eigenvalue weighted by Gasteiger charge is -2.22. The van der Waals surface area contributed by atoms with Gasteiger partial charge in [0.05, 0.1) is 0 Å². The highest BCUT2D eigenvalue weighted by Gasteiger charge is 2.23. The van der Waals surface area contributed by atoms with Gasteiger partial charge in [0.15, 0.2) is 0 Å². The summed E-state index contributed by atoms with van der Waals surface area (Å²) in [5.74, 6) is 0.904. The predicted molar refractivity (Wildman–Crippen MR) is 104 cm³/mol. The Balaban J connectivity index is 2.14. The topological polar surface area (TPSA) is 40.5 Å². The van der Waals surface area contributed by atoms with E-state index >= 15 is 0 Å². The third-order valence-electron chi connectivity index (χ3n) is 5.27. The van der Waals surface area contributed by atoms with Crippen LogP contribution in [0.5, 0.6) is 5.75 Å². The van der Waals surface area contributed by atoms with E-state index < -0.39 is 0 Å². The first-order chi connectivity index (χ1) is 12.2. The zero-order valence-corrected chi connectivity index (χ0v) is 15.0. The Hall–Kier alpha value is -2.06. The molecule has 0 aliphatic heterocycles. The van der Waals surface area contributed by atoms with Crippen molar-refractivity contribution in [1.29, 1.82) is 0 Å². The molecule has 1 fully saturated rings. The molecule has 2 aromatic carbocycles. The van der Waals surface area contributed by atoms with Gasteiger partial charge in [-0.2, -0.15) is 0 Å². The van der Waals surface area contributed by atoms with Gasteiger partial charge in [-0.1, -0.05) is 60.4 Å². The molecule has 25 heavy (non-hydrogen) atoms. The van der Waals surface area contributed by atoms with Crippen LogP contribution >= 0.6 is 0 Å².